The quantitative estimate of drug-likeness (QED) is 0.860. The Labute approximate surface area is 140 Å². The van der Waals surface area contributed by atoms with Gasteiger partial charge in [-0.1, -0.05) is 35.5 Å². The number of halogens is 1. The van der Waals surface area contributed by atoms with Crippen LogP contribution in [0.5, 0.6) is 5.75 Å². The van der Waals surface area contributed by atoms with Crippen LogP contribution in [-0.2, 0) is 16.2 Å². The predicted octanol–water partition coefficient (Wildman–Crippen LogP) is 1.17. The molecular weight excluding hydrogens is 344 g/mol. The summed E-state index contributed by atoms with van der Waals surface area (Å²) in [5.41, 5.74) is 0. The molecule has 2 aromatic rings. The van der Waals surface area contributed by atoms with Gasteiger partial charge in [0.05, 0.1) is 10.8 Å². The van der Waals surface area contributed by atoms with E-state index in [4.69, 9.17) is 21.4 Å². The van der Waals surface area contributed by atoms with E-state index in [0.29, 0.717) is 21.8 Å². The summed E-state index contributed by atoms with van der Waals surface area (Å²) in [6.45, 7) is -0.468. The molecule has 0 unspecified atom stereocenters. The van der Waals surface area contributed by atoms with E-state index in [1.54, 1.807) is 24.3 Å². The number of carbonyl (C=O) groups excluding carboxylic acids is 1. The number of aromatic nitrogens is 3. The predicted molar refractivity (Wildman–Crippen MR) is 82.3 cm³/mol. The first-order valence-corrected chi connectivity index (χ1v) is 7.89. The number of carbonyl (C=O) groups is 2. The van der Waals surface area contributed by atoms with Crippen LogP contribution in [0.3, 0.4) is 0 Å². The number of aliphatic carboxylic acids is 1. The summed E-state index contributed by atoms with van der Waals surface area (Å²) in [5, 5.41) is 18.9. The van der Waals surface area contributed by atoms with Gasteiger partial charge in [-0.05, 0) is 12.1 Å². The van der Waals surface area contributed by atoms with E-state index in [0.717, 1.165) is 5.01 Å². The molecule has 1 aromatic heterocycles. The third-order valence-corrected chi connectivity index (χ3v) is 4.23. The second kappa shape index (κ2) is 6.47. The van der Waals surface area contributed by atoms with E-state index in [-0.39, 0.29) is 18.3 Å². The maximum Gasteiger partial charge on any atom is 0.325 e. The monoisotopic (exact) mass is 354 g/mol. The van der Waals surface area contributed by atoms with Gasteiger partial charge in [0.1, 0.15) is 18.9 Å². The first-order chi connectivity index (χ1) is 11.1. The van der Waals surface area contributed by atoms with Crippen LogP contribution < -0.4 is 9.75 Å². The normalized spacial score (nSPS) is 13.8. The van der Waals surface area contributed by atoms with Crippen LogP contribution >= 0.6 is 23.4 Å². The maximum absolute atomic E-state index is 12.0. The number of rotatable bonds is 5. The van der Waals surface area contributed by atoms with Crippen LogP contribution in [0.25, 0.3) is 0 Å². The summed E-state index contributed by atoms with van der Waals surface area (Å²) in [6, 6.07) is 6.94. The Morgan fingerprint density at radius 2 is 2.17 bits per heavy atom. The summed E-state index contributed by atoms with van der Waals surface area (Å²) in [7, 11) is 0. The average Bonchev–Trinajstić information content (AvgIpc) is 2.92. The van der Waals surface area contributed by atoms with Crippen molar-refractivity contribution in [1.29, 1.82) is 0 Å². The van der Waals surface area contributed by atoms with Gasteiger partial charge >= 0.3 is 5.97 Å². The summed E-state index contributed by atoms with van der Waals surface area (Å²) in [6.07, 6.45) is 0. The van der Waals surface area contributed by atoms with Crippen molar-refractivity contribution < 1.29 is 19.4 Å². The zero-order valence-electron chi connectivity index (χ0n) is 11.7. The van der Waals surface area contributed by atoms with Crippen molar-refractivity contribution in [3.05, 3.63) is 35.1 Å². The molecule has 8 nitrogen and oxygen atoms in total. The van der Waals surface area contributed by atoms with Gasteiger partial charge in [-0.2, -0.15) is 0 Å². The standard InChI is InChI=1S/C13H11ClN4O4S/c14-8-3-1-2-4-9(8)22-6-10-15-16-13-18(10)17(5-12(20)21)11(19)7-23-13/h1-4H,5-7H2,(H,20,21). The van der Waals surface area contributed by atoms with Crippen molar-refractivity contribution in [1.82, 2.24) is 14.9 Å². The summed E-state index contributed by atoms with van der Waals surface area (Å²) in [5.74, 6) is -0.545. The molecule has 0 radical (unpaired) electrons. The molecule has 1 N–H and O–H groups in total. The van der Waals surface area contributed by atoms with Crippen LogP contribution in [-0.4, -0.2) is 44.2 Å². The first kappa shape index (κ1) is 15.6. The molecule has 2 heterocycles. The molecule has 3 rings (SSSR count). The molecule has 0 saturated carbocycles. The van der Waals surface area contributed by atoms with Gasteiger partial charge in [0.2, 0.25) is 5.16 Å². The number of benzene rings is 1. The fourth-order valence-corrected chi connectivity index (χ4v) is 3.04. The van der Waals surface area contributed by atoms with Crippen molar-refractivity contribution in [3.8, 4) is 5.75 Å². The number of thioether (sulfide) groups is 1. The number of nitrogens with zero attached hydrogens (tertiary/aromatic N) is 4. The molecule has 0 atom stereocenters. The van der Waals surface area contributed by atoms with Gasteiger partial charge in [0, 0.05) is 0 Å². The highest BCUT2D eigenvalue weighted by molar-refractivity contribution is 7.99. The van der Waals surface area contributed by atoms with Gasteiger partial charge < -0.3 is 9.84 Å². The molecular formula is C13H11ClN4O4S. The fraction of sp³-hybridized carbons (Fsp3) is 0.231. The van der Waals surface area contributed by atoms with E-state index in [1.165, 1.54) is 16.4 Å². The van der Waals surface area contributed by atoms with Crippen LogP contribution in [0.4, 0.5) is 0 Å². The van der Waals surface area contributed by atoms with Crippen LogP contribution in [0.1, 0.15) is 5.82 Å². The number of ether oxygens (including phenoxy) is 1. The second-order valence-electron chi connectivity index (χ2n) is 4.56. The Hall–Kier alpha value is -2.26. The Morgan fingerprint density at radius 3 is 2.91 bits per heavy atom. The van der Waals surface area contributed by atoms with E-state index < -0.39 is 12.5 Å². The van der Waals surface area contributed by atoms with E-state index in [2.05, 4.69) is 10.2 Å². The number of hydrogen-bond donors (Lipinski definition) is 1. The highest BCUT2D eigenvalue weighted by Gasteiger charge is 2.30. The zero-order chi connectivity index (χ0) is 16.4. The van der Waals surface area contributed by atoms with Crippen molar-refractivity contribution >= 4 is 35.2 Å². The molecule has 0 spiro atoms. The molecule has 0 saturated heterocycles. The zero-order valence-corrected chi connectivity index (χ0v) is 13.3. The summed E-state index contributed by atoms with van der Waals surface area (Å²) >= 11 is 7.21. The van der Waals surface area contributed by atoms with Crippen molar-refractivity contribution in [2.24, 2.45) is 0 Å². The van der Waals surface area contributed by atoms with Gasteiger partial charge in [-0.3, -0.25) is 9.59 Å². The largest absolute Gasteiger partial charge is 0.484 e. The summed E-state index contributed by atoms with van der Waals surface area (Å²) < 4.78 is 6.96. The molecule has 10 heteroatoms. The minimum atomic E-state index is -1.12. The lowest BCUT2D eigenvalue weighted by Gasteiger charge is -2.27. The molecule has 0 fully saturated rings. The van der Waals surface area contributed by atoms with Gasteiger partial charge in [-0.25, -0.2) is 9.69 Å². The Kier molecular flexibility index (Phi) is 4.39. The number of hydrogen-bond acceptors (Lipinski definition) is 6. The molecule has 1 aliphatic rings. The van der Waals surface area contributed by atoms with Crippen LogP contribution in [0.2, 0.25) is 5.02 Å². The van der Waals surface area contributed by atoms with E-state index >= 15 is 0 Å². The minimum Gasteiger partial charge on any atom is -0.484 e. The maximum atomic E-state index is 12.0. The number of fused-ring (bicyclic) bond motifs is 1. The SMILES string of the molecule is O=C(O)CN1C(=O)CSc2nnc(COc3ccccc3Cl)n21. The molecule has 23 heavy (non-hydrogen) atoms. The van der Waals surface area contributed by atoms with Crippen LogP contribution in [0, 0.1) is 0 Å². The molecule has 120 valence electrons. The topological polar surface area (TPSA) is 97.6 Å². The van der Waals surface area contributed by atoms with E-state index in [9.17, 15) is 9.59 Å². The lowest BCUT2D eigenvalue weighted by Crippen LogP contribution is -2.48. The molecule has 1 aromatic carbocycles. The second-order valence-corrected chi connectivity index (χ2v) is 5.91. The molecule has 1 amide bonds. The average molecular weight is 355 g/mol. The van der Waals surface area contributed by atoms with Gasteiger partial charge in [-0.15, -0.1) is 10.2 Å². The summed E-state index contributed by atoms with van der Waals surface area (Å²) in [4.78, 5) is 23.0. The van der Waals surface area contributed by atoms with E-state index in [1.807, 2.05) is 0 Å². The van der Waals surface area contributed by atoms with Crippen molar-refractivity contribution in [2.75, 3.05) is 17.3 Å². The number of carboxylic acid groups (broad SMARTS) is 1. The Morgan fingerprint density at radius 1 is 1.39 bits per heavy atom. The third kappa shape index (κ3) is 3.25. The number of amides is 1. The fourth-order valence-electron chi connectivity index (χ4n) is 2.02. The Balaban J connectivity index is 1.84. The van der Waals surface area contributed by atoms with Crippen molar-refractivity contribution in [2.45, 2.75) is 11.8 Å². The molecule has 0 bridgehead atoms. The third-order valence-electron chi connectivity index (χ3n) is 3.01. The lowest BCUT2D eigenvalue weighted by molar-refractivity contribution is -0.137. The highest BCUT2D eigenvalue weighted by Crippen LogP contribution is 2.26. The number of carboxylic acids is 1. The van der Waals surface area contributed by atoms with Gasteiger partial charge in [0.25, 0.3) is 5.91 Å². The number of para-hydroxylation sites is 1. The van der Waals surface area contributed by atoms with Gasteiger partial charge in [0.15, 0.2) is 5.82 Å². The molecule has 1 aliphatic heterocycles. The molecule has 0 aliphatic carbocycles. The smallest absolute Gasteiger partial charge is 0.325 e. The minimum absolute atomic E-state index is 0.000687. The highest BCUT2D eigenvalue weighted by atomic mass is 35.5. The van der Waals surface area contributed by atoms with Crippen molar-refractivity contribution in [3.63, 3.8) is 0 Å². The van der Waals surface area contributed by atoms with Crippen LogP contribution in [0.15, 0.2) is 29.4 Å². The first-order valence-electron chi connectivity index (χ1n) is 6.53. The Bertz CT molecular complexity index is 766. The lowest BCUT2D eigenvalue weighted by atomic mass is 10.3.